The minimum absolute atomic E-state index is 0.252. The monoisotopic (exact) mass is 475 g/mol. The molecular weight excluding hydrogens is 445 g/mol. The summed E-state index contributed by atoms with van der Waals surface area (Å²) in [5.74, 6) is 0.252. The van der Waals surface area contributed by atoms with Gasteiger partial charge in [-0.1, -0.05) is 0 Å². The van der Waals surface area contributed by atoms with Gasteiger partial charge in [0.05, 0.1) is 0 Å². The molecule has 1 atom stereocenters. The van der Waals surface area contributed by atoms with E-state index in [4.69, 9.17) is 0 Å². The van der Waals surface area contributed by atoms with Crippen molar-refractivity contribution in [2.24, 2.45) is 5.41 Å². The summed E-state index contributed by atoms with van der Waals surface area (Å²) in [6, 6.07) is 31.4. The van der Waals surface area contributed by atoms with E-state index >= 15 is 0 Å². The second-order valence-electron chi connectivity index (χ2n) is 8.23. The van der Waals surface area contributed by atoms with Crippen molar-refractivity contribution >= 4 is 26.6 Å². The van der Waals surface area contributed by atoms with Crippen LogP contribution in [0.25, 0.3) is 5.70 Å². The van der Waals surface area contributed by atoms with Gasteiger partial charge in [0.1, 0.15) is 0 Å². The average Bonchev–Trinajstić information content (AvgIpc) is 3.02. The minimum atomic E-state index is -0.427. The Bertz CT molecular complexity index is 1050. The van der Waals surface area contributed by atoms with E-state index in [0.29, 0.717) is 21.5 Å². The number of nitrogens with zero attached hydrogens (tertiary/aromatic N) is 1. The van der Waals surface area contributed by atoms with Crippen LogP contribution in [-0.4, -0.2) is 25.8 Å². The van der Waals surface area contributed by atoms with Gasteiger partial charge in [0.2, 0.25) is 0 Å². The van der Waals surface area contributed by atoms with E-state index in [9.17, 15) is 4.79 Å². The van der Waals surface area contributed by atoms with E-state index in [1.54, 1.807) is 0 Å². The van der Waals surface area contributed by atoms with Crippen molar-refractivity contribution in [3.63, 3.8) is 0 Å². The Labute approximate surface area is 192 Å². The molecule has 1 aliphatic heterocycles. The molecule has 158 valence electrons. The summed E-state index contributed by atoms with van der Waals surface area (Å²) in [6.45, 7) is 4.99. The molecule has 4 rings (SSSR count). The summed E-state index contributed by atoms with van der Waals surface area (Å²) in [6.07, 6.45) is 0.888. The second kappa shape index (κ2) is 9.68. The van der Waals surface area contributed by atoms with Crippen molar-refractivity contribution in [1.82, 2.24) is 4.90 Å². The first-order valence-electron chi connectivity index (χ1n) is 10.9. The summed E-state index contributed by atoms with van der Waals surface area (Å²) in [7, 11) is 0. The molecule has 1 unspecified atom stereocenters. The normalized spacial score (nSPS) is 18.6. The Hall–Kier alpha value is -2.61. The zero-order valence-corrected chi connectivity index (χ0v) is 20.0. The van der Waals surface area contributed by atoms with Crippen LogP contribution >= 0.6 is 0 Å². The maximum atomic E-state index is 13.9. The van der Waals surface area contributed by atoms with Crippen molar-refractivity contribution < 1.29 is 4.79 Å². The Balaban J connectivity index is 1.67. The molecule has 0 saturated carbocycles. The van der Waals surface area contributed by atoms with Crippen LogP contribution in [0.5, 0.6) is 0 Å². The van der Waals surface area contributed by atoms with Crippen LogP contribution < -0.4 is 0 Å². The molecule has 3 aromatic rings. The first kappa shape index (κ1) is 21.6. The summed E-state index contributed by atoms with van der Waals surface area (Å²) < 4.78 is 0. The van der Waals surface area contributed by atoms with Crippen molar-refractivity contribution in [2.45, 2.75) is 37.5 Å². The molecule has 2 nitrogen and oxygen atoms in total. The summed E-state index contributed by atoms with van der Waals surface area (Å²) in [5.41, 5.74) is 5.65. The number of rotatable bonds is 8. The zero-order chi connectivity index (χ0) is 21.7. The van der Waals surface area contributed by atoms with Crippen LogP contribution in [0.2, 0.25) is 5.32 Å². The average molecular weight is 475 g/mol. The number of benzene rings is 3. The van der Waals surface area contributed by atoms with Crippen molar-refractivity contribution in [3.8, 4) is 0 Å². The summed E-state index contributed by atoms with van der Waals surface area (Å²) >= 11 is 0.358. The van der Waals surface area contributed by atoms with E-state index in [2.05, 4.69) is 80.6 Å². The molecule has 0 saturated heterocycles. The van der Waals surface area contributed by atoms with Gasteiger partial charge in [-0.3, -0.25) is 0 Å². The van der Waals surface area contributed by atoms with Gasteiger partial charge < -0.3 is 0 Å². The van der Waals surface area contributed by atoms with E-state index < -0.39 is 5.41 Å². The van der Waals surface area contributed by atoms with E-state index in [1.807, 2.05) is 29.2 Å². The molecule has 0 radical (unpaired) electrons. The van der Waals surface area contributed by atoms with E-state index in [0.717, 1.165) is 28.3 Å². The Morgan fingerprint density at radius 1 is 0.806 bits per heavy atom. The molecule has 0 N–H and O–H groups in total. The van der Waals surface area contributed by atoms with Crippen molar-refractivity contribution in [1.29, 1.82) is 0 Å². The Kier molecular flexibility index (Phi) is 6.75. The number of carbonyl (C=O) groups is 1. The predicted octanol–water partition coefficient (Wildman–Crippen LogP) is 6.18. The fourth-order valence-corrected chi connectivity index (χ4v) is 7.04. The number of hydrogen-bond donors (Lipinski definition) is 0. The predicted molar refractivity (Wildman–Crippen MR) is 129 cm³/mol. The van der Waals surface area contributed by atoms with Crippen molar-refractivity contribution in [3.05, 3.63) is 113 Å². The van der Waals surface area contributed by atoms with Gasteiger partial charge in [-0.15, -0.1) is 0 Å². The second-order valence-corrected chi connectivity index (χ2v) is 10.3. The molecule has 0 aromatic heterocycles. The third-order valence-corrected chi connectivity index (χ3v) is 8.79. The topological polar surface area (TPSA) is 20.3 Å². The molecule has 31 heavy (non-hydrogen) atoms. The molecule has 3 heteroatoms. The van der Waals surface area contributed by atoms with Gasteiger partial charge in [-0.2, -0.15) is 0 Å². The number of hydrogen-bond acceptors (Lipinski definition) is 1. The van der Waals surface area contributed by atoms with Gasteiger partial charge in [0, 0.05) is 0 Å². The third kappa shape index (κ3) is 4.54. The maximum absolute atomic E-state index is 13.9. The molecule has 0 fully saturated rings. The zero-order valence-electron chi connectivity index (χ0n) is 18.3. The molecular formula is C28H29NOSe. The van der Waals surface area contributed by atoms with Gasteiger partial charge in [0.25, 0.3) is 0 Å². The Morgan fingerprint density at radius 3 is 1.94 bits per heavy atom. The standard InChI is InChI=1S/C28H29NOSe/c1-3-25-26(24-17-11-6-12-18-24)29(19-22-13-7-4-8-14-22)27(30)28(25,2)21-31-20-23-15-9-5-10-16-23/h4-18H,3,19-21H2,1-2H3. The third-order valence-electron chi connectivity index (χ3n) is 6.03. The Morgan fingerprint density at radius 2 is 1.35 bits per heavy atom. The fraction of sp³-hybridized carbons (Fsp3) is 0.250. The van der Waals surface area contributed by atoms with Crippen LogP contribution in [0.15, 0.2) is 96.6 Å². The van der Waals surface area contributed by atoms with Crippen LogP contribution in [0.4, 0.5) is 0 Å². The molecule has 3 aromatic carbocycles. The molecule has 1 amide bonds. The van der Waals surface area contributed by atoms with E-state index in [-0.39, 0.29) is 5.91 Å². The fourth-order valence-electron chi connectivity index (χ4n) is 4.45. The SMILES string of the molecule is CCC1=C(c2ccccc2)N(Cc2ccccc2)C(=O)C1(C)C[Se]Cc1ccccc1. The molecule has 1 aliphatic rings. The summed E-state index contributed by atoms with van der Waals surface area (Å²) in [5, 5.41) is 1.99. The molecule has 0 bridgehead atoms. The first-order valence-corrected chi connectivity index (χ1v) is 13.3. The van der Waals surface area contributed by atoms with Gasteiger partial charge in [-0.25, -0.2) is 0 Å². The van der Waals surface area contributed by atoms with E-state index in [1.165, 1.54) is 16.7 Å². The van der Waals surface area contributed by atoms with Crippen LogP contribution in [0.3, 0.4) is 0 Å². The molecule has 1 heterocycles. The van der Waals surface area contributed by atoms with Gasteiger partial charge >= 0.3 is 192 Å². The first-order chi connectivity index (χ1) is 15.1. The van der Waals surface area contributed by atoms with Gasteiger partial charge in [0.15, 0.2) is 0 Å². The quantitative estimate of drug-likeness (QED) is 0.357. The van der Waals surface area contributed by atoms with Crippen molar-refractivity contribution in [2.75, 3.05) is 0 Å². The molecule has 0 spiro atoms. The summed E-state index contributed by atoms with van der Waals surface area (Å²) in [4.78, 5) is 16.0. The van der Waals surface area contributed by atoms with Crippen LogP contribution in [0, 0.1) is 5.41 Å². The molecule has 0 aliphatic carbocycles. The van der Waals surface area contributed by atoms with Crippen LogP contribution in [-0.2, 0) is 16.7 Å². The van der Waals surface area contributed by atoms with Gasteiger partial charge in [-0.05, 0) is 0 Å². The number of carbonyl (C=O) groups excluding carboxylic acids is 1. The van der Waals surface area contributed by atoms with Crippen LogP contribution in [0.1, 0.15) is 37.0 Å². The number of amides is 1.